The van der Waals surface area contributed by atoms with Crippen molar-refractivity contribution in [3.8, 4) is 0 Å². The predicted molar refractivity (Wildman–Crippen MR) is 89.0 cm³/mol. The maximum absolute atomic E-state index is 12.9. The van der Waals surface area contributed by atoms with Crippen LogP contribution in [0.25, 0.3) is 10.8 Å². The number of nitrogens with two attached hydrogens (primary N) is 1. The monoisotopic (exact) mass is 322 g/mol. The molecule has 3 rings (SSSR count). The second-order valence-corrected chi connectivity index (χ2v) is 8.39. The highest BCUT2D eigenvalue weighted by Gasteiger charge is 2.31. The van der Waals surface area contributed by atoms with E-state index in [-0.39, 0.29) is 6.04 Å². The molecule has 0 spiro atoms. The molecule has 0 saturated carbocycles. The Morgan fingerprint density at radius 1 is 1.29 bits per heavy atom. The van der Waals surface area contributed by atoms with Gasteiger partial charge in [0.25, 0.3) is 0 Å². The fourth-order valence-electron chi connectivity index (χ4n) is 2.66. The number of sulfonamides is 1. The van der Waals surface area contributed by atoms with Gasteiger partial charge in [0.15, 0.2) is 0 Å². The van der Waals surface area contributed by atoms with Crippen LogP contribution in [0.1, 0.15) is 6.42 Å². The predicted octanol–water partition coefficient (Wildman–Crippen LogP) is 2.55. The fraction of sp³-hybridized carbons (Fsp3) is 0.333. The summed E-state index contributed by atoms with van der Waals surface area (Å²) in [5.41, 5.74) is 6.42. The molecule has 4 nitrogen and oxygen atoms in total. The van der Waals surface area contributed by atoms with Crippen LogP contribution in [0.5, 0.6) is 0 Å². The SMILES string of the molecule is CN(C1CCSC1)S(=O)(=O)c1cccc2cc(N)ccc12. The Balaban J connectivity index is 2.10. The number of rotatable bonds is 3. The Bertz CT molecular complexity index is 768. The average molecular weight is 322 g/mol. The van der Waals surface area contributed by atoms with Crippen molar-refractivity contribution in [2.45, 2.75) is 17.4 Å². The number of thioether (sulfide) groups is 1. The number of fused-ring (bicyclic) bond motifs is 1. The Morgan fingerprint density at radius 2 is 2.10 bits per heavy atom. The van der Waals surface area contributed by atoms with Crippen molar-refractivity contribution in [2.75, 3.05) is 24.3 Å². The molecule has 1 aliphatic heterocycles. The van der Waals surface area contributed by atoms with Crippen LogP contribution in [-0.2, 0) is 10.0 Å². The van der Waals surface area contributed by atoms with Gasteiger partial charge in [-0.15, -0.1) is 0 Å². The zero-order valence-corrected chi connectivity index (χ0v) is 13.5. The largest absolute Gasteiger partial charge is 0.399 e. The van der Waals surface area contributed by atoms with Crippen molar-refractivity contribution in [3.63, 3.8) is 0 Å². The molecular formula is C15H18N2O2S2. The van der Waals surface area contributed by atoms with E-state index in [1.54, 1.807) is 49.1 Å². The average Bonchev–Trinajstić information content (AvgIpc) is 2.99. The van der Waals surface area contributed by atoms with E-state index in [2.05, 4.69) is 0 Å². The molecule has 1 aliphatic rings. The number of nitrogen functional groups attached to an aromatic ring is 1. The molecule has 2 N–H and O–H groups in total. The zero-order valence-electron chi connectivity index (χ0n) is 11.8. The van der Waals surface area contributed by atoms with E-state index in [1.807, 2.05) is 6.07 Å². The molecule has 1 atom stereocenters. The van der Waals surface area contributed by atoms with Crippen LogP contribution in [0.15, 0.2) is 41.3 Å². The van der Waals surface area contributed by atoms with Gasteiger partial charge in [0.2, 0.25) is 10.0 Å². The summed E-state index contributed by atoms with van der Waals surface area (Å²) in [6.07, 6.45) is 0.915. The second kappa shape index (κ2) is 5.51. The van der Waals surface area contributed by atoms with Crippen molar-refractivity contribution >= 4 is 38.2 Å². The summed E-state index contributed by atoms with van der Waals surface area (Å²) >= 11 is 1.80. The number of hydrogen-bond donors (Lipinski definition) is 1. The second-order valence-electron chi connectivity index (χ2n) is 5.28. The van der Waals surface area contributed by atoms with E-state index in [9.17, 15) is 8.42 Å². The maximum atomic E-state index is 12.9. The summed E-state index contributed by atoms with van der Waals surface area (Å²) in [5.74, 6) is 1.89. The molecule has 1 heterocycles. The molecule has 1 unspecified atom stereocenters. The van der Waals surface area contributed by atoms with E-state index in [0.717, 1.165) is 28.7 Å². The van der Waals surface area contributed by atoms with Crippen molar-refractivity contribution in [1.29, 1.82) is 0 Å². The number of hydrogen-bond acceptors (Lipinski definition) is 4. The van der Waals surface area contributed by atoms with E-state index < -0.39 is 10.0 Å². The lowest BCUT2D eigenvalue weighted by Crippen LogP contribution is -2.37. The van der Waals surface area contributed by atoms with Gasteiger partial charge < -0.3 is 5.73 Å². The number of nitrogens with zero attached hydrogens (tertiary/aromatic N) is 1. The smallest absolute Gasteiger partial charge is 0.243 e. The molecule has 0 bridgehead atoms. The highest BCUT2D eigenvalue weighted by molar-refractivity contribution is 7.99. The summed E-state index contributed by atoms with van der Waals surface area (Å²) in [7, 11) is -1.80. The minimum Gasteiger partial charge on any atom is -0.399 e. The quantitative estimate of drug-likeness (QED) is 0.882. The van der Waals surface area contributed by atoms with E-state index in [0.29, 0.717) is 10.6 Å². The Kier molecular flexibility index (Phi) is 3.86. The fourth-order valence-corrected chi connectivity index (χ4v) is 5.62. The van der Waals surface area contributed by atoms with Crippen molar-refractivity contribution in [3.05, 3.63) is 36.4 Å². The molecule has 6 heteroatoms. The molecule has 0 aliphatic carbocycles. The van der Waals surface area contributed by atoms with Gasteiger partial charge in [0, 0.05) is 29.9 Å². The molecule has 0 aromatic heterocycles. The van der Waals surface area contributed by atoms with Gasteiger partial charge in [0.05, 0.1) is 4.90 Å². The first-order valence-corrected chi connectivity index (χ1v) is 9.43. The van der Waals surface area contributed by atoms with Crippen LogP contribution >= 0.6 is 11.8 Å². The van der Waals surface area contributed by atoms with Crippen LogP contribution in [-0.4, -0.2) is 37.3 Å². The van der Waals surface area contributed by atoms with Gasteiger partial charge in [0.1, 0.15) is 0 Å². The summed E-state index contributed by atoms with van der Waals surface area (Å²) in [6.45, 7) is 0. The van der Waals surface area contributed by atoms with E-state index >= 15 is 0 Å². The molecule has 2 aromatic carbocycles. The summed E-state index contributed by atoms with van der Waals surface area (Å²) < 4.78 is 27.3. The molecule has 0 amide bonds. The van der Waals surface area contributed by atoms with Gasteiger partial charge in [-0.05, 0) is 35.8 Å². The van der Waals surface area contributed by atoms with Gasteiger partial charge >= 0.3 is 0 Å². The third-order valence-corrected chi connectivity index (χ3v) is 7.05. The Morgan fingerprint density at radius 3 is 2.81 bits per heavy atom. The highest BCUT2D eigenvalue weighted by Crippen LogP contribution is 2.30. The normalized spacial score (nSPS) is 19.4. The van der Waals surface area contributed by atoms with Gasteiger partial charge in [-0.1, -0.05) is 18.2 Å². The molecule has 2 aromatic rings. The first-order chi connectivity index (χ1) is 10.00. The summed E-state index contributed by atoms with van der Waals surface area (Å²) in [4.78, 5) is 0.361. The zero-order chi connectivity index (χ0) is 15.0. The van der Waals surface area contributed by atoms with Crippen molar-refractivity contribution < 1.29 is 8.42 Å². The lowest BCUT2D eigenvalue weighted by atomic mass is 10.1. The first-order valence-electron chi connectivity index (χ1n) is 6.84. The molecular weight excluding hydrogens is 304 g/mol. The standard InChI is InChI=1S/C15H18N2O2S2/c1-17(13-7-8-20-10-13)21(18,19)15-4-2-3-11-9-12(16)5-6-14(11)15/h2-6,9,13H,7-8,10,16H2,1H3. The van der Waals surface area contributed by atoms with Crippen LogP contribution in [0.4, 0.5) is 5.69 Å². The first kappa shape index (κ1) is 14.7. The topological polar surface area (TPSA) is 63.4 Å². The number of benzene rings is 2. The van der Waals surface area contributed by atoms with Gasteiger partial charge in [-0.3, -0.25) is 0 Å². The molecule has 21 heavy (non-hydrogen) atoms. The van der Waals surface area contributed by atoms with E-state index in [1.165, 1.54) is 4.31 Å². The maximum Gasteiger partial charge on any atom is 0.243 e. The molecule has 1 fully saturated rings. The van der Waals surface area contributed by atoms with Gasteiger partial charge in [-0.2, -0.15) is 16.1 Å². The van der Waals surface area contributed by atoms with Crippen LogP contribution in [0.3, 0.4) is 0 Å². The lowest BCUT2D eigenvalue weighted by molar-refractivity contribution is 0.395. The summed E-state index contributed by atoms with van der Waals surface area (Å²) in [5, 5.41) is 1.58. The molecule has 1 saturated heterocycles. The highest BCUT2D eigenvalue weighted by atomic mass is 32.2. The summed E-state index contributed by atoms with van der Waals surface area (Å²) in [6, 6.07) is 10.7. The lowest BCUT2D eigenvalue weighted by Gasteiger charge is -2.23. The van der Waals surface area contributed by atoms with Crippen molar-refractivity contribution in [1.82, 2.24) is 4.31 Å². The third-order valence-electron chi connectivity index (χ3n) is 3.94. The Labute approximate surface area is 129 Å². The number of anilines is 1. The minimum absolute atomic E-state index is 0.0871. The van der Waals surface area contributed by atoms with Crippen molar-refractivity contribution in [2.24, 2.45) is 0 Å². The van der Waals surface area contributed by atoms with Gasteiger partial charge in [-0.25, -0.2) is 8.42 Å². The van der Waals surface area contributed by atoms with E-state index in [4.69, 9.17) is 5.73 Å². The van der Waals surface area contributed by atoms with Crippen LogP contribution < -0.4 is 5.73 Å². The van der Waals surface area contributed by atoms with Crippen LogP contribution in [0.2, 0.25) is 0 Å². The molecule has 112 valence electrons. The Hall–Kier alpha value is -1.24. The third kappa shape index (κ3) is 2.63. The molecule has 0 radical (unpaired) electrons. The van der Waals surface area contributed by atoms with Crippen LogP contribution in [0, 0.1) is 0 Å². The minimum atomic E-state index is -3.48.